The first-order chi connectivity index (χ1) is 9.01. The van der Waals surface area contributed by atoms with E-state index in [2.05, 4.69) is 0 Å². The van der Waals surface area contributed by atoms with Crippen LogP contribution in [0.2, 0.25) is 0 Å². The Labute approximate surface area is 126 Å². The summed E-state index contributed by atoms with van der Waals surface area (Å²) >= 11 is 0. The van der Waals surface area contributed by atoms with Crippen molar-refractivity contribution in [3.8, 4) is 0 Å². The normalized spacial score (nSPS) is 9.55. The first-order valence-corrected chi connectivity index (χ1v) is 6.39. The van der Waals surface area contributed by atoms with E-state index in [1.165, 1.54) is 4.90 Å². The lowest BCUT2D eigenvalue weighted by atomic mass is 10.1. The molecule has 5 nitrogen and oxygen atoms in total. The minimum Gasteiger partial charge on any atom is -0.398 e. The molecule has 0 aliphatic rings. The summed E-state index contributed by atoms with van der Waals surface area (Å²) in [6.07, 6.45) is 0. The number of nitrogen functional groups attached to an aromatic ring is 1. The second kappa shape index (κ2) is 8.43. The molecule has 0 heterocycles. The fourth-order valence-electron chi connectivity index (χ4n) is 1.85. The van der Waals surface area contributed by atoms with Crippen molar-refractivity contribution in [1.29, 1.82) is 0 Å². The molecular formula is C14H22ClN3O2. The van der Waals surface area contributed by atoms with E-state index in [9.17, 15) is 9.59 Å². The van der Waals surface area contributed by atoms with Gasteiger partial charge in [-0.2, -0.15) is 0 Å². The molecule has 20 heavy (non-hydrogen) atoms. The molecule has 1 rings (SSSR count). The molecule has 112 valence electrons. The van der Waals surface area contributed by atoms with Crippen molar-refractivity contribution in [1.82, 2.24) is 9.80 Å². The highest BCUT2D eigenvalue weighted by atomic mass is 35.5. The van der Waals surface area contributed by atoms with Gasteiger partial charge < -0.3 is 15.5 Å². The standard InChI is InChI=1S/C14H21N3O2.ClH/c1-4-17(5-2)13(18)10-16(3)14(19)11-8-6-7-9-12(11)15;/h6-9H,4-5,10,15H2,1-3H3;1H. The molecule has 0 unspecified atom stereocenters. The van der Waals surface area contributed by atoms with Gasteiger partial charge in [-0.25, -0.2) is 0 Å². The molecule has 6 heteroatoms. The van der Waals surface area contributed by atoms with Crippen LogP contribution in [0.4, 0.5) is 5.69 Å². The van der Waals surface area contributed by atoms with Gasteiger partial charge in [0.25, 0.3) is 5.91 Å². The molecule has 0 aliphatic carbocycles. The maximum atomic E-state index is 12.2. The number of carbonyl (C=O) groups excluding carboxylic acids is 2. The second-order valence-electron chi connectivity index (χ2n) is 4.31. The molecule has 0 aromatic heterocycles. The summed E-state index contributed by atoms with van der Waals surface area (Å²) in [7, 11) is 1.61. The van der Waals surface area contributed by atoms with Crippen LogP contribution in [0.5, 0.6) is 0 Å². The Hall–Kier alpha value is -1.75. The van der Waals surface area contributed by atoms with Gasteiger partial charge in [0.05, 0.1) is 12.1 Å². The number of hydrogen-bond acceptors (Lipinski definition) is 3. The summed E-state index contributed by atoms with van der Waals surface area (Å²) in [4.78, 5) is 27.2. The van der Waals surface area contributed by atoms with Gasteiger partial charge in [0.1, 0.15) is 0 Å². The van der Waals surface area contributed by atoms with E-state index in [1.807, 2.05) is 13.8 Å². The zero-order valence-electron chi connectivity index (χ0n) is 12.1. The van der Waals surface area contributed by atoms with Crippen molar-refractivity contribution in [2.75, 3.05) is 32.4 Å². The Morgan fingerprint density at radius 1 is 1.15 bits per heavy atom. The maximum absolute atomic E-state index is 12.2. The van der Waals surface area contributed by atoms with Crippen molar-refractivity contribution in [2.45, 2.75) is 13.8 Å². The zero-order valence-corrected chi connectivity index (χ0v) is 12.9. The van der Waals surface area contributed by atoms with E-state index in [0.29, 0.717) is 24.3 Å². The number of benzene rings is 1. The van der Waals surface area contributed by atoms with E-state index < -0.39 is 0 Å². The van der Waals surface area contributed by atoms with Gasteiger partial charge in [-0.05, 0) is 26.0 Å². The van der Waals surface area contributed by atoms with Crippen molar-refractivity contribution in [3.05, 3.63) is 29.8 Å². The molecule has 2 N–H and O–H groups in total. The Kier molecular flexibility index (Phi) is 7.69. The molecule has 1 aromatic rings. The number of rotatable bonds is 5. The molecule has 0 atom stereocenters. The Balaban J connectivity index is 0.00000361. The first kappa shape index (κ1) is 18.2. The molecule has 0 bridgehead atoms. The number of anilines is 1. The number of para-hydroxylation sites is 1. The summed E-state index contributed by atoms with van der Waals surface area (Å²) in [5, 5.41) is 0. The lowest BCUT2D eigenvalue weighted by Crippen LogP contribution is -2.41. The largest absolute Gasteiger partial charge is 0.398 e. The second-order valence-corrected chi connectivity index (χ2v) is 4.31. The van der Waals surface area contributed by atoms with Gasteiger partial charge in [0, 0.05) is 25.8 Å². The van der Waals surface area contributed by atoms with Gasteiger partial charge in [-0.15, -0.1) is 12.4 Å². The van der Waals surface area contributed by atoms with E-state index in [4.69, 9.17) is 5.73 Å². The highest BCUT2D eigenvalue weighted by molar-refractivity contribution is 6.00. The number of carbonyl (C=O) groups is 2. The minimum atomic E-state index is -0.237. The van der Waals surface area contributed by atoms with Gasteiger partial charge in [0.15, 0.2) is 0 Å². The predicted molar refractivity (Wildman–Crippen MR) is 83.0 cm³/mol. The van der Waals surface area contributed by atoms with Gasteiger partial charge in [-0.1, -0.05) is 12.1 Å². The molecule has 2 amide bonds. The van der Waals surface area contributed by atoms with Crippen LogP contribution in [0.15, 0.2) is 24.3 Å². The third-order valence-corrected chi connectivity index (χ3v) is 3.03. The summed E-state index contributed by atoms with van der Waals surface area (Å²) in [6, 6.07) is 6.86. The van der Waals surface area contributed by atoms with Crippen LogP contribution in [0, 0.1) is 0 Å². The van der Waals surface area contributed by atoms with Crippen molar-refractivity contribution >= 4 is 29.9 Å². The summed E-state index contributed by atoms with van der Waals surface area (Å²) in [6.45, 7) is 5.18. The van der Waals surface area contributed by atoms with Crippen LogP contribution in [-0.2, 0) is 4.79 Å². The summed E-state index contributed by atoms with van der Waals surface area (Å²) in [5.74, 6) is -0.297. The van der Waals surface area contributed by atoms with Crippen LogP contribution < -0.4 is 5.73 Å². The van der Waals surface area contributed by atoms with E-state index >= 15 is 0 Å². The first-order valence-electron chi connectivity index (χ1n) is 6.39. The van der Waals surface area contributed by atoms with Crippen LogP contribution in [0.3, 0.4) is 0 Å². The fourth-order valence-corrected chi connectivity index (χ4v) is 1.85. The number of nitrogens with two attached hydrogens (primary N) is 1. The highest BCUT2D eigenvalue weighted by Gasteiger charge is 2.18. The lowest BCUT2D eigenvalue weighted by molar-refractivity contribution is -0.131. The van der Waals surface area contributed by atoms with Crippen LogP contribution in [-0.4, -0.2) is 48.3 Å². The molecule has 0 aliphatic heterocycles. The fraction of sp³-hybridized carbons (Fsp3) is 0.429. The monoisotopic (exact) mass is 299 g/mol. The molecule has 1 aromatic carbocycles. The van der Waals surface area contributed by atoms with Crippen molar-refractivity contribution in [2.24, 2.45) is 0 Å². The van der Waals surface area contributed by atoms with E-state index in [1.54, 1.807) is 36.2 Å². The lowest BCUT2D eigenvalue weighted by Gasteiger charge is -2.23. The van der Waals surface area contributed by atoms with Crippen LogP contribution >= 0.6 is 12.4 Å². The minimum absolute atomic E-state index is 0. The molecular weight excluding hydrogens is 278 g/mol. The SMILES string of the molecule is CCN(CC)C(=O)CN(C)C(=O)c1ccccc1N.Cl. The number of halogens is 1. The molecule has 0 spiro atoms. The van der Waals surface area contributed by atoms with Gasteiger partial charge in [-0.3, -0.25) is 9.59 Å². The molecule has 0 fully saturated rings. The van der Waals surface area contributed by atoms with Gasteiger partial charge >= 0.3 is 0 Å². The number of nitrogens with zero attached hydrogens (tertiary/aromatic N) is 2. The molecule has 0 saturated carbocycles. The maximum Gasteiger partial charge on any atom is 0.256 e. The van der Waals surface area contributed by atoms with E-state index in [-0.39, 0.29) is 30.8 Å². The average Bonchev–Trinajstić information content (AvgIpc) is 2.39. The Morgan fingerprint density at radius 2 is 1.70 bits per heavy atom. The highest BCUT2D eigenvalue weighted by Crippen LogP contribution is 2.12. The average molecular weight is 300 g/mol. The van der Waals surface area contributed by atoms with Crippen molar-refractivity contribution < 1.29 is 9.59 Å². The summed E-state index contributed by atoms with van der Waals surface area (Å²) in [5.41, 5.74) is 6.61. The third kappa shape index (κ3) is 4.42. The number of likely N-dealkylation sites (N-methyl/N-ethyl adjacent to an activating group) is 2. The van der Waals surface area contributed by atoms with Crippen LogP contribution in [0.1, 0.15) is 24.2 Å². The molecule has 0 radical (unpaired) electrons. The molecule has 0 saturated heterocycles. The number of amides is 2. The zero-order chi connectivity index (χ0) is 14.4. The Morgan fingerprint density at radius 3 is 2.20 bits per heavy atom. The number of hydrogen-bond donors (Lipinski definition) is 1. The summed E-state index contributed by atoms with van der Waals surface area (Å²) < 4.78 is 0. The topological polar surface area (TPSA) is 66.6 Å². The van der Waals surface area contributed by atoms with Crippen molar-refractivity contribution in [3.63, 3.8) is 0 Å². The van der Waals surface area contributed by atoms with E-state index in [0.717, 1.165) is 0 Å². The van der Waals surface area contributed by atoms with Gasteiger partial charge in [0.2, 0.25) is 5.91 Å². The predicted octanol–water partition coefficient (Wildman–Crippen LogP) is 1.63. The van der Waals surface area contributed by atoms with Crippen LogP contribution in [0.25, 0.3) is 0 Å². The third-order valence-electron chi connectivity index (χ3n) is 3.03. The quantitative estimate of drug-likeness (QED) is 0.840. The Bertz CT molecular complexity index is 461. The smallest absolute Gasteiger partial charge is 0.256 e.